The van der Waals surface area contributed by atoms with Gasteiger partial charge >= 0.3 is 5.97 Å². The Labute approximate surface area is 104 Å². The molecule has 2 rings (SSSR count). The van der Waals surface area contributed by atoms with E-state index in [2.05, 4.69) is 26.8 Å². The van der Waals surface area contributed by atoms with Gasteiger partial charge in [0.05, 0.1) is 0 Å². The Kier molecular flexibility index (Phi) is 2.51. The number of hydrogen-bond donors (Lipinski definition) is 0. The SMILES string of the molecule is CC(C)(C)OC(=O)C1=CC2CCC1(C)C2(C)C. The van der Waals surface area contributed by atoms with Gasteiger partial charge in [-0.3, -0.25) is 0 Å². The fourth-order valence-corrected chi connectivity index (χ4v) is 3.32. The highest BCUT2D eigenvalue weighted by atomic mass is 16.6. The molecule has 2 aliphatic rings. The van der Waals surface area contributed by atoms with Crippen molar-refractivity contribution < 1.29 is 9.53 Å². The maximum Gasteiger partial charge on any atom is 0.334 e. The van der Waals surface area contributed by atoms with Crippen molar-refractivity contribution in [2.24, 2.45) is 16.7 Å². The third-order valence-corrected chi connectivity index (χ3v) is 4.89. The minimum Gasteiger partial charge on any atom is -0.457 e. The Bertz CT molecular complexity index is 384. The van der Waals surface area contributed by atoms with Crippen LogP contribution in [0, 0.1) is 16.7 Å². The van der Waals surface area contributed by atoms with Crippen molar-refractivity contribution in [3.05, 3.63) is 11.6 Å². The number of esters is 1. The van der Waals surface area contributed by atoms with Crippen molar-refractivity contribution in [3.63, 3.8) is 0 Å². The van der Waals surface area contributed by atoms with E-state index in [9.17, 15) is 4.79 Å². The lowest BCUT2D eigenvalue weighted by Gasteiger charge is -2.37. The molecule has 0 aliphatic heterocycles. The zero-order chi connectivity index (χ0) is 13.1. The summed E-state index contributed by atoms with van der Waals surface area (Å²) in [6, 6.07) is 0. The Balaban J connectivity index is 2.26. The molecule has 2 nitrogen and oxygen atoms in total. The second kappa shape index (κ2) is 3.37. The molecule has 0 saturated heterocycles. The van der Waals surface area contributed by atoms with Crippen LogP contribution in [0.2, 0.25) is 0 Å². The second-order valence-corrected chi connectivity index (χ2v) is 7.28. The quantitative estimate of drug-likeness (QED) is 0.649. The first-order valence-electron chi connectivity index (χ1n) is 6.53. The molecule has 0 spiro atoms. The van der Waals surface area contributed by atoms with E-state index < -0.39 is 5.60 Å². The molecule has 1 fully saturated rings. The van der Waals surface area contributed by atoms with E-state index in [1.807, 2.05) is 20.8 Å². The average Bonchev–Trinajstić information content (AvgIpc) is 2.45. The predicted octanol–water partition coefficient (Wildman–Crippen LogP) is 3.71. The number of carbonyl (C=O) groups excluding carboxylic acids is 1. The van der Waals surface area contributed by atoms with E-state index in [0.29, 0.717) is 5.92 Å². The Morgan fingerprint density at radius 1 is 1.35 bits per heavy atom. The first kappa shape index (κ1) is 12.7. The molecular weight excluding hydrogens is 212 g/mol. The van der Waals surface area contributed by atoms with E-state index in [1.165, 1.54) is 6.42 Å². The number of carbonyl (C=O) groups is 1. The summed E-state index contributed by atoms with van der Waals surface area (Å²) in [4.78, 5) is 12.3. The van der Waals surface area contributed by atoms with Crippen molar-refractivity contribution in [1.29, 1.82) is 0 Å². The number of allylic oxidation sites excluding steroid dienone is 1. The Morgan fingerprint density at radius 3 is 2.29 bits per heavy atom. The monoisotopic (exact) mass is 236 g/mol. The van der Waals surface area contributed by atoms with E-state index in [4.69, 9.17) is 4.74 Å². The van der Waals surface area contributed by atoms with Crippen LogP contribution >= 0.6 is 0 Å². The van der Waals surface area contributed by atoms with Crippen molar-refractivity contribution in [2.45, 2.75) is 60.0 Å². The van der Waals surface area contributed by atoms with Crippen LogP contribution in [0.25, 0.3) is 0 Å². The van der Waals surface area contributed by atoms with Gasteiger partial charge in [0.15, 0.2) is 0 Å². The van der Waals surface area contributed by atoms with Crippen molar-refractivity contribution >= 4 is 5.97 Å². The highest BCUT2D eigenvalue weighted by Gasteiger charge is 2.59. The molecule has 96 valence electrons. The largest absolute Gasteiger partial charge is 0.457 e. The minimum absolute atomic E-state index is 0. The van der Waals surface area contributed by atoms with Crippen LogP contribution in [0.5, 0.6) is 0 Å². The van der Waals surface area contributed by atoms with E-state index in [1.54, 1.807) is 0 Å². The lowest BCUT2D eigenvalue weighted by molar-refractivity contribution is -0.151. The van der Waals surface area contributed by atoms with Gasteiger partial charge < -0.3 is 4.74 Å². The smallest absolute Gasteiger partial charge is 0.334 e. The summed E-state index contributed by atoms with van der Waals surface area (Å²) in [6.45, 7) is 12.5. The highest BCUT2D eigenvalue weighted by Crippen LogP contribution is 2.65. The fraction of sp³-hybridized carbons (Fsp3) is 0.800. The van der Waals surface area contributed by atoms with Gasteiger partial charge in [-0.1, -0.05) is 26.8 Å². The third kappa shape index (κ3) is 1.73. The van der Waals surface area contributed by atoms with Crippen molar-refractivity contribution in [3.8, 4) is 0 Å². The van der Waals surface area contributed by atoms with Crippen molar-refractivity contribution in [1.82, 2.24) is 0 Å². The number of rotatable bonds is 1. The molecule has 1 saturated carbocycles. The molecule has 0 radical (unpaired) electrons. The molecule has 2 aliphatic carbocycles. The standard InChI is InChI=1S/C15H24O2/c1-13(2,3)17-12(16)11-9-10-7-8-15(11,6)14(10,4)5/h9-10H,7-8H2,1-6H3. The van der Waals surface area contributed by atoms with Crippen LogP contribution in [-0.4, -0.2) is 11.6 Å². The molecule has 0 aromatic rings. The van der Waals surface area contributed by atoms with Gasteiger partial charge in [0.25, 0.3) is 0 Å². The van der Waals surface area contributed by atoms with Gasteiger partial charge in [-0.15, -0.1) is 0 Å². The first-order valence-corrected chi connectivity index (χ1v) is 6.53. The predicted molar refractivity (Wildman–Crippen MR) is 68.5 cm³/mol. The van der Waals surface area contributed by atoms with Crippen LogP contribution in [0.4, 0.5) is 0 Å². The highest BCUT2D eigenvalue weighted by molar-refractivity contribution is 5.91. The van der Waals surface area contributed by atoms with Crippen LogP contribution in [0.3, 0.4) is 0 Å². The molecule has 0 aromatic carbocycles. The van der Waals surface area contributed by atoms with E-state index in [0.717, 1.165) is 12.0 Å². The van der Waals surface area contributed by atoms with Gasteiger partial charge in [-0.25, -0.2) is 4.79 Å². The molecule has 0 aromatic heterocycles. The van der Waals surface area contributed by atoms with Gasteiger partial charge in [0, 0.05) is 11.0 Å². The topological polar surface area (TPSA) is 26.3 Å². The molecule has 0 heterocycles. The number of hydrogen-bond acceptors (Lipinski definition) is 2. The summed E-state index contributed by atoms with van der Waals surface area (Å²) in [7, 11) is 0. The lowest BCUT2D eigenvalue weighted by atomic mass is 9.67. The van der Waals surface area contributed by atoms with Crippen molar-refractivity contribution in [2.75, 3.05) is 0 Å². The third-order valence-electron chi connectivity index (χ3n) is 4.89. The van der Waals surface area contributed by atoms with E-state index >= 15 is 0 Å². The zero-order valence-corrected chi connectivity index (χ0v) is 11.9. The van der Waals surface area contributed by atoms with Gasteiger partial charge in [-0.2, -0.15) is 0 Å². The molecule has 2 bridgehead atoms. The molecule has 0 N–H and O–H groups in total. The molecule has 2 unspecified atom stereocenters. The molecule has 2 heteroatoms. The molecule has 2 atom stereocenters. The van der Waals surface area contributed by atoms with Gasteiger partial charge in [0.2, 0.25) is 0 Å². The summed E-state index contributed by atoms with van der Waals surface area (Å²) < 4.78 is 5.53. The second-order valence-electron chi connectivity index (χ2n) is 7.28. The fourth-order valence-electron chi connectivity index (χ4n) is 3.32. The van der Waals surface area contributed by atoms with Gasteiger partial charge in [-0.05, 0) is 44.9 Å². The van der Waals surface area contributed by atoms with Crippen LogP contribution in [0.15, 0.2) is 11.6 Å². The molecular formula is C15H24O2. The van der Waals surface area contributed by atoms with E-state index in [-0.39, 0.29) is 16.8 Å². The summed E-state index contributed by atoms with van der Waals surface area (Å²) in [6.07, 6.45) is 4.48. The summed E-state index contributed by atoms with van der Waals surface area (Å²) in [5.74, 6) is 0.422. The number of ether oxygens (including phenoxy) is 1. The summed E-state index contributed by atoms with van der Waals surface area (Å²) in [5.41, 5.74) is 0.702. The Morgan fingerprint density at radius 2 is 1.94 bits per heavy atom. The Hall–Kier alpha value is -0.790. The van der Waals surface area contributed by atoms with Gasteiger partial charge in [0.1, 0.15) is 5.60 Å². The van der Waals surface area contributed by atoms with Crippen LogP contribution in [0.1, 0.15) is 54.4 Å². The summed E-state index contributed by atoms with van der Waals surface area (Å²) >= 11 is 0. The molecule has 0 amide bonds. The lowest BCUT2D eigenvalue weighted by Crippen LogP contribution is -2.35. The minimum atomic E-state index is -0.403. The van der Waals surface area contributed by atoms with Crippen LogP contribution < -0.4 is 0 Å². The number of fused-ring (bicyclic) bond motifs is 2. The average molecular weight is 236 g/mol. The zero-order valence-electron chi connectivity index (χ0n) is 11.9. The maximum atomic E-state index is 12.3. The first-order chi connectivity index (χ1) is 7.58. The molecule has 17 heavy (non-hydrogen) atoms. The summed E-state index contributed by atoms with van der Waals surface area (Å²) in [5, 5.41) is 0. The van der Waals surface area contributed by atoms with Crippen LogP contribution in [-0.2, 0) is 9.53 Å². The maximum absolute atomic E-state index is 12.3. The normalized spacial score (nSPS) is 34.7.